The largest absolute Gasteiger partial charge is 0.322 e. The Bertz CT molecular complexity index is 870. The lowest BCUT2D eigenvalue weighted by Gasteiger charge is -2.23. The summed E-state index contributed by atoms with van der Waals surface area (Å²) in [7, 11) is 0. The number of urea groups is 1. The van der Waals surface area contributed by atoms with Crippen LogP contribution in [0, 0.1) is 10.1 Å². The number of carbonyl (C=O) groups excluding carboxylic acids is 2. The van der Waals surface area contributed by atoms with Crippen molar-refractivity contribution in [3.63, 3.8) is 0 Å². The Morgan fingerprint density at radius 2 is 2.11 bits per heavy atom. The molecule has 1 aromatic carbocycles. The van der Waals surface area contributed by atoms with Gasteiger partial charge in [0.25, 0.3) is 5.69 Å². The number of nitrogens with zero attached hydrogens (tertiary/aromatic N) is 4. The van der Waals surface area contributed by atoms with E-state index in [2.05, 4.69) is 20.8 Å². The number of benzene rings is 1. The highest BCUT2D eigenvalue weighted by Crippen LogP contribution is 2.26. The monoisotopic (exact) mass is 390 g/mol. The molecule has 1 aliphatic rings. The number of rotatable bonds is 5. The van der Waals surface area contributed by atoms with Crippen LogP contribution < -0.4 is 10.6 Å². The van der Waals surface area contributed by atoms with Gasteiger partial charge in [0.15, 0.2) is 0 Å². The average Bonchev–Trinajstić information content (AvgIpc) is 3.31. The number of likely N-dealkylation sites (tertiary alicyclic amines) is 1. The molecule has 142 valence electrons. The Labute approximate surface area is 158 Å². The molecule has 27 heavy (non-hydrogen) atoms. The number of anilines is 2. The van der Waals surface area contributed by atoms with Crippen molar-refractivity contribution in [1.82, 2.24) is 15.1 Å². The molecule has 3 amide bonds. The van der Waals surface area contributed by atoms with Crippen LogP contribution in [0.5, 0.6) is 0 Å². The van der Waals surface area contributed by atoms with Gasteiger partial charge in [-0.2, -0.15) is 0 Å². The van der Waals surface area contributed by atoms with Crippen molar-refractivity contribution in [2.45, 2.75) is 32.2 Å². The van der Waals surface area contributed by atoms with Crippen LogP contribution in [0.2, 0.25) is 0 Å². The fourth-order valence-electron chi connectivity index (χ4n) is 2.84. The van der Waals surface area contributed by atoms with Gasteiger partial charge in [0, 0.05) is 12.6 Å². The van der Waals surface area contributed by atoms with E-state index < -0.39 is 17.0 Å². The van der Waals surface area contributed by atoms with E-state index in [0.29, 0.717) is 24.5 Å². The number of nitrogens with one attached hydrogen (secondary N) is 2. The third-order valence-electron chi connectivity index (χ3n) is 4.16. The van der Waals surface area contributed by atoms with Gasteiger partial charge in [-0.05, 0) is 25.3 Å². The fraction of sp³-hybridized carbons (Fsp3) is 0.375. The second kappa shape index (κ2) is 8.08. The minimum atomic E-state index is -0.665. The van der Waals surface area contributed by atoms with Gasteiger partial charge >= 0.3 is 6.03 Å². The highest BCUT2D eigenvalue weighted by molar-refractivity contribution is 7.15. The van der Waals surface area contributed by atoms with Crippen LogP contribution >= 0.6 is 11.3 Å². The van der Waals surface area contributed by atoms with Crippen LogP contribution in [0.3, 0.4) is 0 Å². The van der Waals surface area contributed by atoms with E-state index in [4.69, 9.17) is 0 Å². The summed E-state index contributed by atoms with van der Waals surface area (Å²) in [5.41, 5.74) is -0.109. The number of nitro groups is 1. The molecule has 1 saturated heterocycles. The van der Waals surface area contributed by atoms with Gasteiger partial charge < -0.3 is 10.2 Å². The molecular formula is C16H18N6O4S. The Kier molecular flexibility index (Phi) is 5.60. The van der Waals surface area contributed by atoms with Gasteiger partial charge in [0.2, 0.25) is 11.0 Å². The maximum absolute atomic E-state index is 12.6. The third-order valence-corrected chi connectivity index (χ3v) is 5.14. The molecule has 0 radical (unpaired) electrons. The van der Waals surface area contributed by atoms with E-state index >= 15 is 0 Å². The van der Waals surface area contributed by atoms with Gasteiger partial charge in [-0.15, -0.1) is 10.2 Å². The summed E-state index contributed by atoms with van der Waals surface area (Å²) in [5, 5.41) is 25.4. The van der Waals surface area contributed by atoms with E-state index in [0.717, 1.165) is 11.4 Å². The van der Waals surface area contributed by atoms with E-state index in [1.165, 1.54) is 34.4 Å². The molecule has 1 aromatic heterocycles. The maximum Gasteiger partial charge on any atom is 0.322 e. The lowest BCUT2D eigenvalue weighted by atomic mass is 10.2. The minimum absolute atomic E-state index is 0.0928. The molecule has 0 saturated carbocycles. The van der Waals surface area contributed by atoms with Crippen molar-refractivity contribution in [1.29, 1.82) is 0 Å². The zero-order valence-corrected chi connectivity index (χ0v) is 15.4. The number of hydrogen-bond acceptors (Lipinski definition) is 7. The second-order valence-corrected chi connectivity index (χ2v) is 6.96. The molecule has 1 atom stereocenters. The van der Waals surface area contributed by atoms with Crippen molar-refractivity contribution < 1.29 is 14.5 Å². The molecule has 1 fully saturated rings. The number of aromatic nitrogens is 2. The van der Waals surface area contributed by atoms with Crippen LogP contribution in [0.25, 0.3) is 0 Å². The Balaban J connectivity index is 1.69. The third kappa shape index (κ3) is 4.19. The van der Waals surface area contributed by atoms with Crippen molar-refractivity contribution in [2.24, 2.45) is 0 Å². The van der Waals surface area contributed by atoms with E-state index in [1.807, 2.05) is 6.92 Å². The first-order chi connectivity index (χ1) is 13.0. The van der Waals surface area contributed by atoms with E-state index in [9.17, 15) is 19.7 Å². The zero-order chi connectivity index (χ0) is 19.4. The van der Waals surface area contributed by atoms with Gasteiger partial charge in [-0.3, -0.25) is 20.2 Å². The first-order valence-electron chi connectivity index (χ1n) is 8.44. The summed E-state index contributed by atoms with van der Waals surface area (Å²) < 4.78 is 0. The van der Waals surface area contributed by atoms with Crippen molar-refractivity contribution >= 4 is 39.8 Å². The lowest BCUT2D eigenvalue weighted by molar-refractivity contribution is -0.383. The average molecular weight is 390 g/mol. The van der Waals surface area contributed by atoms with Crippen molar-refractivity contribution in [2.75, 3.05) is 17.2 Å². The summed E-state index contributed by atoms with van der Waals surface area (Å²) in [6.07, 6.45) is 1.90. The Morgan fingerprint density at radius 3 is 2.81 bits per heavy atom. The normalized spacial score (nSPS) is 16.2. The summed E-state index contributed by atoms with van der Waals surface area (Å²) in [5.74, 6) is -0.344. The highest BCUT2D eigenvalue weighted by Gasteiger charge is 2.35. The number of amides is 3. The molecular weight excluding hydrogens is 372 g/mol. The van der Waals surface area contributed by atoms with Gasteiger partial charge in [0.05, 0.1) is 4.92 Å². The first kappa shape index (κ1) is 18.7. The number of aryl methyl sites for hydroxylation is 1. The number of nitro benzene ring substituents is 1. The van der Waals surface area contributed by atoms with Gasteiger partial charge in [0.1, 0.15) is 16.7 Å². The molecule has 1 aliphatic heterocycles. The summed E-state index contributed by atoms with van der Waals surface area (Å²) >= 11 is 1.29. The second-order valence-electron chi connectivity index (χ2n) is 5.90. The first-order valence-corrected chi connectivity index (χ1v) is 9.25. The quantitative estimate of drug-likeness (QED) is 0.596. The molecule has 11 heteroatoms. The van der Waals surface area contributed by atoms with Gasteiger partial charge in [-0.1, -0.05) is 30.4 Å². The fourth-order valence-corrected chi connectivity index (χ4v) is 3.53. The number of hydrogen-bond donors (Lipinski definition) is 2. The Morgan fingerprint density at radius 1 is 1.33 bits per heavy atom. The standard InChI is InChI=1S/C16H18N6O4S/c1-2-13-19-20-15(27-13)18-14(23)12-8-5-9-21(12)16(24)17-10-6-3-4-7-11(10)22(25)26/h3-4,6-7,12H,2,5,8-9H2,1H3,(H,17,24)(H,18,20,23)/t12-/m0/s1. The van der Waals surface area contributed by atoms with E-state index in [-0.39, 0.29) is 17.3 Å². The van der Waals surface area contributed by atoms with Crippen LogP contribution in [0.1, 0.15) is 24.8 Å². The molecule has 2 N–H and O–H groups in total. The minimum Gasteiger partial charge on any atom is -0.312 e. The highest BCUT2D eigenvalue weighted by atomic mass is 32.1. The zero-order valence-electron chi connectivity index (χ0n) is 14.5. The predicted octanol–water partition coefficient (Wildman–Crippen LogP) is 2.64. The maximum atomic E-state index is 12.6. The number of para-hydroxylation sites is 2. The van der Waals surface area contributed by atoms with Crippen LogP contribution in [-0.2, 0) is 11.2 Å². The predicted molar refractivity (Wildman–Crippen MR) is 99.8 cm³/mol. The van der Waals surface area contributed by atoms with Crippen molar-refractivity contribution in [3.05, 3.63) is 39.4 Å². The molecule has 2 aromatic rings. The smallest absolute Gasteiger partial charge is 0.312 e. The van der Waals surface area contributed by atoms with Crippen LogP contribution in [0.15, 0.2) is 24.3 Å². The topological polar surface area (TPSA) is 130 Å². The molecule has 0 bridgehead atoms. The lowest BCUT2D eigenvalue weighted by Crippen LogP contribution is -2.45. The van der Waals surface area contributed by atoms with Crippen LogP contribution in [0.4, 0.5) is 21.3 Å². The molecule has 3 rings (SSSR count). The summed E-state index contributed by atoms with van der Waals surface area (Å²) in [6, 6.07) is 4.67. The van der Waals surface area contributed by atoms with Crippen LogP contribution in [-0.4, -0.2) is 44.5 Å². The SMILES string of the molecule is CCc1nnc(NC(=O)[C@@H]2CCCN2C(=O)Nc2ccccc2[N+](=O)[O-])s1. The molecule has 0 unspecified atom stereocenters. The summed E-state index contributed by atoms with van der Waals surface area (Å²) in [4.78, 5) is 37.1. The number of carbonyl (C=O) groups is 2. The molecule has 2 heterocycles. The Hall–Kier alpha value is -3.08. The molecule has 10 nitrogen and oxygen atoms in total. The van der Waals surface area contributed by atoms with Crippen molar-refractivity contribution in [3.8, 4) is 0 Å². The molecule has 0 spiro atoms. The van der Waals surface area contributed by atoms with E-state index in [1.54, 1.807) is 6.07 Å². The molecule has 0 aliphatic carbocycles. The summed E-state index contributed by atoms with van der Waals surface area (Å²) in [6.45, 7) is 2.33. The van der Waals surface area contributed by atoms with Gasteiger partial charge in [-0.25, -0.2) is 4.79 Å².